The molecule has 1 fully saturated rings. The molecule has 1 aromatic heterocycles. The summed E-state index contributed by atoms with van der Waals surface area (Å²) < 4.78 is 0. The lowest BCUT2D eigenvalue weighted by Gasteiger charge is -2.33. The lowest BCUT2D eigenvalue weighted by molar-refractivity contribution is 0.164. The lowest BCUT2D eigenvalue weighted by atomic mass is 10.1. The molecule has 0 amide bonds. The maximum atomic E-state index is 4.74. The second kappa shape index (κ2) is 7.79. The quantitative estimate of drug-likeness (QED) is 0.924. The molecule has 0 bridgehead atoms. The third-order valence-electron chi connectivity index (χ3n) is 3.66. The summed E-state index contributed by atoms with van der Waals surface area (Å²) in [5.41, 5.74) is 2.26. The van der Waals surface area contributed by atoms with Crippen LogP contribution in [0.25, 0.3) is 10.9 Å². The third kappa shape index (κ3) is 3.83. The van der Waals surface area contributed by atoms with Gasteiger partial charge in [-0.15, -0.1) is 24.8 Å². The summed E-state index contributed by atoms with van der Waals surface area (Å²) in [5, 5.41) is 4.64. The van der Waals surface area contributed by atoms with Gasteiger partial charge in [-0.25, -0.2) is 0 Å². The van der Waals surface area contributed by atoms with Gasteiger partial charge in [0.25, 0.3) is 0 Å². The van der Waals surface area contributed by atoms with Crippen molar-refractivity contribution in [2.24, 2.45) is 0 Å². The van der Waals surface area contributed by atoms with E-state index in [-0.39, 0.29) is 24.8 Å². The Hall–Kier alpha value is -0.870. The first-order valence-electron chi connectivity index (χ1n) is 6.62. The topological polar surface area (TPSA) is 28.2 Å². The maximum Gasteiger partial charge on any atom is 0.0705 e. The van der Waals surface area contributed by atoms with Gasteiger partial charge in [0.05, 0.1) is 11.2 Å². The molecule has 0 unspecified atom stereocenters. The minimum atomic E-state index is 0. The molecular formula is C15H21Cl2N3. The Bertz CT molecular complexity index is 547. The fourth-order valence-electron chi connectivity index (χ4n) is 2.52. The van der Waals surface area contributed by atoms with E-state index in [2.05, 4.69) is 47.5 Å². The number of aromatic nitrogens is 1. The molecule has 3 rings (SSSR count). The highest BCUT2D eigenvalue weighted by Gasteiger charge is 2.18. The molecule has 1 aromatic carbocycles. The van der Waals surface area contributed by atoms with E-state index < -0.39 is 0 Å². The van der Waals surface area contributed by atoms with Crippen molar-refractivity contribution in [1.82, 2.24) is 15.2 Å². The summed E-state index contributed by atoms with van der Waals surface area (Å²) in [6.07, 6.45) is 0. The van der Waals surface area contributed by atoms with Crippen LogP contribution in [-0.2, 0) is 6.54 Å². The van der Waals surface area contributed by atoms with Gasteiger partial charge in [-0.05, 0) is 19.1 Å². The first kappa shape index (κ1) is 17.2. The Labute approximate surface area is 132 Å². The number of nitrogens with one attached hydrogen (secondary N) is 1. The van der Waals surface area contributed by atoms with E-state index in [1.807, 2.05) is 6.07 Å². The lowest BCUT2D eigenvalue weighted by Crippen LogP contribution is -2.49. The van der Waals surface area contributed by atoms with Crippen molar-refractivity contribution >= 4 is 35.7 Å². The number of halogens is 2. The molecule has 20 heavy (non-hydrogen) atoms. The highest BCUT2D eigenvalue weighted by molar-refractivity contribution is 5.85. The van der Waals surface area contributed by atoms with Crippen LogP contribution in [0, 0.1) is 0 Å². The number of hydrogen-bond acceptors (Lipinski definition) is 3. The molecule has 5 heteroatoms. The Morgan fingerprint density at radius 1 is 1.20 bits per heavy atom. The van der Waals surface area contributed by atoms with Gasteiger partial charge in [-0.1, -0.05) is 24.3 Å². The Morgan fingerprint density at radius 2 is 2.00 bits per heavy atom. The molecule has 2 aromatic rings. The number of rotatable bonds is 2. The molecule has 0 radical (unpaired) electrons. The van der Waals surface area contributed by atoms with Crippen LogP contribution in [0.2, 0.25) is 0 Å². The molecule has 1 N–H and O–H groups in total. The van der Waals surface area contributed by atoms with Crippen LogP contribution in [0.15, 0.2) is 36.4 Å². The first-order valence-corrected chi connectivity index (χ1v) is 6.62. The summed E-state index contributed by atoms with van der Waals surface area (Å²) in [7, 11) is 0. The smallest absolute Gasteiger partial charge is 0.0705 e. The minimum Gasteiger partial charge on any atom is -0.314 e. The largest absolute Gasteiger partial charge is 0.314 e. The Balaban J connectivity index is 0.000001000. The highest BCUT2D eigenvalue weighted by atomic mass is 35.5. The van der Waals surface area contributed by atoms with Crippen LogP contribution in [0.3, 0.4) is 0 Å². The number of nitrogens with zero attached hydrogens (tertiary/aromatic N) is 2. The van der Waals surface area contributed by atoms with Crippen molar-refractivity contribution in [2.75, 3.05) is 19.6 Å². The van der Waals surface area contributed by atoms with Gasteiger partial charge in [0.2, 0.25) is 0 Å². The molecule has 1 aliphatic rings. The van der Waals surface area contributed by atoms with E-state index in [0.717, 1.165) is 31.7 Å². The number of pyridine rings is 1. The Morgan fingerprint density at radius 3 is 2.80 bits per heavy atom. The standard InChI is InChI=1S/C15H19N3.2ClH/c1-12-10-16-8-9-18(12)11-14-7-6-13-4-2-3-5-15(13)17-14;;/h2-7,12,16H,8-11H2,1H3;2*1H/t12-;;/m0../s1. The predicted molar refractivity (Wildman–Crippen MR) is 89.0 cm³/mol. The fourth-order valence-corrected chi connectivity index (χ4v) is 2.52. The second-order valence-corrected chi connectivity index (χ2v) is 5.02. The van der Waals surface area contributed by atoms with Gasteiger partial charge in [0, 0.05) is 37.6 Å². The predicted octanol–water partition coefficient (Wildman–Crippen LogP) is 2.87. The fraction of sp³-hybridized carbons (Fsp3) is 0.400. The average molecular weight is 314 g/mol. The van der Waals surface area contributed by atoms with Crippen LogP contribution >= 0.6 is 24.8 Å². The van der Waals surface area contributed by atoms with Crippen LogP contribution < -0.4 is 5.32 Å². The monoisotopic (exact) mass is 313 g/mol. The second-order valence-electron chi connectivity index (χ2n) is 5.02. The van der Waals surface area contributed by atoms with Crippen LogP contribution in [-0.4, -0.2) is 35.6 Å². The zero-order chi connectivity index (χ0) is 12.4. The minimum absolute atomic E-state index is 0. The molecule has 2 heterocycles. The van der Waals surface area contributed by atoms with Crippen molar-refractivity contribution in [3.05, 3.63) is 42.1 Å². The van der Waals surface area contributed by atoms with Crippen molar-refractivity contribution in [3.8, 4) is 0 Å². The van der Waals surface area contributed by atoms with E-state index in [1.165, 1.54) is 11.1 Å². The zero-order valence-electron chi connectivity index (χ0n) is 11.6. The van der Waals surface area contributed by atoms with Gasteiger partial charge in [0.1, 0.15) is 0 Å². The van der Waals surface area contributed by atoms with Gasteiger partial charge < -0.3 is 5.32 Å². The van der Waals surface area contributed by atoms with E-state index in [0.29, 0.717) is 6.04 Å². The van der Waals surface area contributed by atoms with Gasteiger partial charge >= 0.3 is 0 Å². The summed E-state index contributed by atoms with van der Waals surface area (Å²) >= 11 is 0. The SMILES string of the molecule is C[C@H]1CNCCN1Cc1ccc2ccccc2n1.Cl.Cl. The van der Waals surface area contributed by atoms with Crippen molar-refractivity contribution in [2.45, 2.75) is 19.5 Å². The van der Waals surface area contributed by atoms with Gasteiger partial charge in [-0.3, -0.25) is 9.88 Å². The first-order chi connectivity index (χ1) is 8.83. The highest BCUT2D eigenvalue weighted by Crippen LogP contribution is 2.14. The summed E-state index contributed by atoms with van der Waals surface area (Å²) in [6.45, 7) is 6.49. The van der Waals surface area contributed by atoms with E-state index >= 15 is 0 Å². The van der Waals surface area contributed by atoms with Crippen molar-refractivity contribution in [3.63, 3.8) is 0 Å². The number of fused-ring (bicyclic) bond motifs is 1. The van der Waals surface area contributed by atoms with E-state index in [1.54, 1.807) is 0 Å². The number of piperazine rings is 1. The average Bonchev–Trinajstić information content (AvgIpc) is 2.41. The van der Waals surface area contributed by atoms with Gasteiger partial charge in [-0.2, -0.15) is 0 Å². The zero-order valence-corrected chi connectivity index (χ0v) is 13.2. The molecule has 3 nitrogen and oxygen atoms in total. The number of para-hydroxylation sites is 1. The van der Waals surface area contributed by atoms with E-state index in [4.69, 9.17) is 4.98 Å². The van der Waals surface area contributed by atoms with Crippen LogP contribution in [0.1, 0.15) is 12.6 Å². The molecule has 1 aliphatic heterocycles. The van der Waals surface area contributed by atoms with E-state index in [9.17, 15) is 0 Å². The maximum absolute atomic E-state index is 4.74. The van der Waals surface area contributed by atoms with Crippen LogP contribution in [0.4, 0.5) is 0 Å². The van der Waals surface area contributed by atoms with Gasteiger partial charge in [0.15, 0.2) is 0 Å². The van der Waals surface area contributed by atoms with Crippen molar-refractivity contribution in [1.29, 1.82) is 0 Å². The Kier molecular flexibility index (Phi) is 6.69. The molecule has 0 aliphatic carbocycles. The normalized spacial score (nSPS) is 19.1. The molecule has 0 spiro atoms. The van der Waals surface area contributed by atoms with Crippen LogP contribution in [0.5, 0.6) is 0 Å². The summed E-state index contributed by atoms with van der Waals surface area (Å²) in [5.74, 6) is 0. The summed E-state index contributed by atoms with van der Waals surface area (Å²) in [4.78, 5) is 7.24. The molecule has 1 saturated heterocycles. The molecule has 0 saturated carbocycles. The molecule has 110 valence electrons. The summed E-state index contributed by atoms with van der Waals surface area (Å²) in [6, 6.07) is 13.2. The number of hydrogen-bond donors (Lipinski definition) is 1. The third-order valence-corrected chi connectivity index (χ3v) is 3.66. The molecule has 1 atom stereocenters. The van der Waals surface area contributed by atoms with Crippen molar-refractivity contribution < 1.29 is 0 Å². The number of benzene rings is 1. The molecular weight excluding hydrogens is 293 g/mol.